The zero-order valence-electron chi connectivity index (χ0n) is 10.8. The lowest BCUT2D eigenvalue weighted by atomic mass is 10.1. The van der Waals surface area contributed by atoms with Crippen LogP contribution in [-0.4, -0.2) is 49.1 Å². The number of hydrogen-bond acceptors (Lipinski definition) is 5. The fourth-order valence-corrected chi connectivity index (χ4v) is 2.13. The number of rotatable bonds is 3. The SMILES string of the molecule is COC(=O)c1cc(NC2CCN(C)CC2)ccn1. The van der Waals surface area contributed by atoms with Gasteiger partial charge in [-0.15, -0.1) is 0 Å². The van der Waals surface area contributed by atoms with Crippen LogP contribution in [0.5, 0.6) is 0 Å². The molecule has 0 amide bonds. The Morgan fingerprint density at radius 1 is 1.50 bits per heavy atom. The Bertz CT molecular complexity index is 414. The molecule has 5 heteroatoms. The van der Waals surface area contributed by atoms with Gasteiger partial charge in [0, 0.05) is 17.9 Å². The minimum atomic E-state index is -0.401. The quantitative estimate of drug-likeness (QED) is 0.820. The Hall–Kier alpha value is -1.62. The molecule has 5 nitrogen and oxygen atoms in total. The number of nitrogens with one attached hydrogen (secondary N) is 1. The number of piperidine rings is 1. The van der Waals surface area contributed by atoms with E-state index in [4.69, 9.17) is 0 Å². The van der Waals surface area contributed by atoms with Crippen molar-refractivity contribution in [3.05, 3.63) is 24.0 Å². The van der Waals surface area contributed by atoms with Gasteiger partial charge >= 0.3 is 5.97 Å². The number of esters is 1. The van der Waals surface area contributed by atoms with E-state index in [1.807, 2.05) is 6.07 Å². The molecule has 1 aromatic rings. The molecular formula is C13H19N3O2. The molecule has 0 spiro atoms. The van der Waals surface area contributed by atoms with Gasteiger partial charge in [0.2, 0.25) is 0 Å². The fraction of sp³-hybridized carbons (Fsp3) is 0.538. The molecule has 2 heterocycles. The summed E-state index contributed by atoms with van der Waals surface area (Å²) in [5, 5.41) is 3.45. The first kappa shape index (κ1) is 12.8. The maximum Gasteiger partial charge on any atom is 0.356 e. The molecule has 1 aromatic heterocycles. The molecule has 0 atom stereocenters. The number of aromatic nitrogens is 1. The van der Waals surface area contributed by atoms with E-state index in [-0.39, 0.29) is 0 Å². The molecule has 0 aromatic carbocycles. The molecular weight excluding hydrogens is 230 g/mol. The van der Waals surface area contributed by atoms with E-state index in [1.54, 1.807) is 12.3 Å². The van der Waals surface area contributed by atoms with Crippen LogP contribution in [0.15, 0.2) is 18.3 Å². The molecule has 0 radical (unpaired) electrons. The number of hydrogen-bond donors (Lipinski definition) is 1. The third-order valence-electron chi connectivity index (χ3n) is 3.24. The summed E-state index contributed by atoms with van der Waals surface area (Å²) in [6, 6.07) is 4.09. The zero-order chi connectivity index (χ0) is 13.0. The minimum Gasteiger partial charge on any atom is -0.464 e. The van der Waals surface area contributed by atoms with E-state index in [2.05, 4.69) is 27.0 Å². The lowest BCUT2D eigenvalue weighted by molar-refractivity contribution is 0.0594. The van der Waals surface area contributed by atoms with Gasteiger partial charge in [-0.05, 0) is 45.1 Å². The number of likely N-dealkylation sites (tertiary alicyclic amines) is 1. The van der Waals surface area contributed by atoms with Crippen molar-refractivity contribution in [1.82, 2.24) is 9.88 Å². The summed E-state index contributed by atoms with van der Waals surface area (Å²) in [4.78, 5) is 17.7. The first-order valence-electron chi connectivity index (χ1n) is 6.18. The molecule has 0 unspecified atom stereocenters. The van der Waals surface area contributed by atoms with Crippen molar-refractivity contribution >= 4 is 11.7 Å². The van der Waals surface area contributed by atoms with Gasteiger partial charge in [0.25, 0.3) is 0 Å². The molecule has 1 saturated heterocycles. The number of nitrogens with zero attached hydrogens (tertiary/aromatic N) is 2. The van der Waals surface area contributed by atoms with Crippen LogP contribution >= 0.6 is 0 Å². The molecule has 1 aliphatic rings. The van der Waals surface area contributed by atoms with Gasteiger partial charge in [0.05, 0.1) is 7.11 Å². The van der Waals surface area contributed by atoms with E-state index in [1.165, 1.54) is 7.11 Å². The Labute approximate surface area is 107 Å². The monoisotopic (exact) mass is 249 g/mol. The maximum absolute atomic E-state index is 11.4. The van der Waals surface area contributed by atoms with Crippen molar-refractivity contribution in [3.63, 3.8) is 0 Å². The third-order valence-corrected chi connectivity index (χ3v) is 3.24. The Morgan fingerprint density at radius 2 is 2.22 bits per heavy atom. The molecule has 0 aliphatic carbocycles. The van der Waals surface area contributed by atoms with E-state index < -0.39 is 5.97 Å². The van der Waals surface area contributed by atoms with Gasteiger partial charge in [-0.3, -0.25) is 0 Å². The lowest BCUT2D eigenvalue weighted by Gasteiger charge is -2.30. The molecule has 1 fully saturated rings. The topological polar surface area (TPSA) is 54.5 Å². The second-order valence-electron chi connectivity index (χ2n) is 4.64. The van der Waals surface area contributed by atoms with Crippen molar-refractivity contribution in [2.45, 2.75) is 18.9 Å². The van der Waals surface area contributed by atoms with Gasteiger partial charge < -0.3 is 15.0 Å². The van der Waals surface area contributed by atoms with Crippen LogP contribution in [0.25, 0.3) is 0 Å². The van der Waals surface area contributed by atoms with Crippen LogP contribution in [-0.2, 0) is 4.74 Å². The second kappa shape index (κ2) is 5.82. The zero-order valence-corrected chi connectivity index (χ0v) is 10.8. The summed E-state index contributed by atoms with van der Waals surface area (Å²) >= 11 is 0. The summed E-state index contributed by atoms with van der Waals surface area (Å²) in [5.41, 5.74) is 1.27. The predicted molar refractivity (Wildman–Crippen MR) is 69.7 cm³/mol. The molecule has 98 valence electrons. The van der Waals surface area contributed by atoms with Crippen molar-refractivity contribution in [2.24, 2.45) is 0 Å². The highest BCUT2D eigenvalue weighted by atomic mass is 16.5. The van der Waals surface area contributed by atoms with Crippen molar-refractivity contribution in [2.75, 3.05) is 32.6 Å². The smallest absolute Gasteiger partial charge is 0.356 e. The summed E-state index contributed by atoms with van der Waals surface area (Å²) in [6.07, 6.45) is 3.86. The van der Waals surface area contributed by atoms with Crippen molar-refractivity contribution < 1.29 is 9.53 Å². The number of anilines is 1. The molecule has 18 heavy (non-hydrogen) atoms. The Kier molecular flexibility index (Phi) is 4.15. The summed E-state index contributed by atoms with van der Waals surface area (Å²) in [6.45, 7) is 2.21. The van der Waals surface area contributed by atoms with Crippen LogP contribution in [0.4, 0.5) is 5.69 Å². The predicted octanol–water partition coefficient (Wildman–Crippen LogP) is 1.37. The second-order valence-corrected chi connectivity index (χ2v) is 4.64. The van der Waals surface area contributed by atoms with Crippen LogP contribution < -0.4 is 5.32 Å². The standard InChI is InChI=1S/C13H19N3O2/c1-16-7-4-10(5-8-16)15-11-3-6-14-12(9-11)13(17)18-2/h3,6,9-10H,4-5,7-8H2,1-2H3,(H,14,15). The van der Waals surface area contributed by atoms with Gasteiger partial charge in [0.1, 0.15) is 5.69 Å². The van der Waals surface area contributed by atoms with E-state index in [9.17, 15) is 4.79 Å². The Morgan fingerprint density at radius 3 is 2.89 bits per heavy atom. The first-order valence-corrected chi connectivity index (χ1v) is 6.18. The number of pyridine rings is 1. The van der Waals surface area contributed by atoms with Crippen LogP contribution in [0.1, 0.15) is 23.3 Å². The highest BCUT2D eigenvalue weighted by Crippen LogP contribution is 2.16. The largest absolute Gasteiger partial charge is 0.464 e. The third kappa shape index (κ3) is 3.20. The number of carbonyl (C=O) groups excluding carboxylic acids is 1. The summed E-state index contributed by atoms with van der Waals surface area (Å²) < 4.78 is 4.66. The average Bonchev–Trinajstić information content (AvgIpc) is 2.41. The number of methoxy groups -OCH3 is 1. The normalized spacial score (nSPS) is 17.4. The van der Waals surface area contributed by atoms with Gasteiger partial charge in [-0.25, -0.2) is 9.78 Å². The van der Waals surface area contributed by atoms with Crippen molar-refractivity contribution in [3.8, 4) is 0 Å². The van der Waals surface area contributed by atoms with Gasteiger partial charge in [-0.1, -0.05) is 0 Å². The van der Waals surface area contributed by atoms with Crippen LogP contribution in [0.3, 0.4) is 0 Å². The molecule has 0 saturated carbocycles. The van der Waals surface area contributed by atoms with Crippen LogP contribution in [0.2, 0.25) is 0 Å². The average molecular weight is 249 g/mol. The van der Waals surface area contributed by atoms with E-state index >= 15 is 0 Å². The molecule has 2 rings (SSSR count). The molecule has 1 aliphatic heterocycles. The number of carbonyl (C=O) groups is 1. The minimum absolute atomic E-state index is 0.343. The first-order chi connectivity index (χ1) is 8.69. The van der Waals surface area contributed by atoms with Gasteiger partial charge in [-0.2, -0.15) is 0 Å². The maximum atomic E-state index is 11.4. The number of ether oxygens (including phenoxy) is 1. The summed E-state index contributed by atoms with van der Waals surface area (Å²) in [5.74, 6) is -0.401. The Balaban J connectivity index is 1.99. The van der Waals surface area contributed by atoms with Crippen LogP contribution in [0, 0.1) is 0 Å². The van der Waals surface area contributed by atoms with E-state index in [0.717, 1.165) is 31.6 Å². The highest BCUT2D eigenvalue weighted by Gasteiger charge is 2.16. The van der Waals surface area contributed by atoms with Gasteiger partial charge in [0.15, 0.2) is 0 Å². The lowest BCUT2D eigenvalue weighted by Crippen LogP contribution is -2.36. The van der Waals surface area contributed by atoms with Crippen molar-refractivity contribution in [1.29, 1.82) is 0 Å². The summed E-state index contributed by atoms with van der Waals surface area (Å²) in [7, 11) is 3.50. The van der Waals surface area contributed by atoms with E-state index in [0.29, 0.717) is 11.7 Å². The fourth-order valence-electron chi connectivity index (χ4n) is 2.13. The molecule has 0 bridgehead atoms. The molecule has 1 N–H and O–H groups in total. The highest BCUT2D eigenvalue weighted by molar-refractivity contribution is 5.88.